The van der Waals surface area contributed by atoms with Gasteiger partial charge in [-0.3, -0.25) is 10.4 Å². The molecule has 0 aliphatic heterocycles. The van der Waals surface area contributed by atoms with E-state index in [1.54, 1.807) is 25.3 Å². The van der Waals surface area contributed by atoms with E-state index in [1.165, 1.54) is 23.5 Å². The first-order valence-electron chi connectivity index (χ1n) is 9.33. The number of nitrogens with one attached hydrogen (secondary N) is 2. The molecule has 0 aliphatic rings. The van der Waals surface area contributed by atoms with Crippen LogP contribution in [0.2, 0.25) is 5.02 Å². The molecular weight excluding hydrogens is 425 g/mol. The first kappa shape index (κ1) is 21.9. The monoisotopic (exact) mass is 447 g/mol. The van der Waals surface area contributed by atoms with Crippen molar-refractivity contribution < 1.29 is 9.13 Å². The van der Waals surface area contributed by atoms with Gasteiger partial charge in [0.15, 0.2) is 10.8 Å². The van der Waals surface area contributed by atoms with Crippen molar-refractivity contribution in [1.82, 2.24) is 9.88 Å². The molecule has 158 valence electrons. The molecule has 0 saturated heterocycles. The maximum atomic E-state index is 13.4. The number of ether oxygens (including phenoxy) is 1. The number of benzene rings is 2. The van der Waals surface area contributed by atoms with Crippen molar-refractivity contribution >= 4 is 28.9 Å². The van der Waals surface area contributed by atoms with Gasteiger partial charge in [-0.2, -0.15) is 0 Å². The lowest BCUT2D eigenvalue weighted by atomic mass is 10.1. The molecule has 4 N–H and O–H groups in total. The second kappa shape index (κ2) is 10.3. The number of aromatic nitrogens is 1. The fourth-order valence-corrected chi connectivity index (χ4v) is 4.08. The maximum absolute atomic E-state index is 13.4. The maximum Gasteiger partial charge on any atom is 0.185 e. The Bertz CT molecular complexity index is 1080. The van der Waals surface area contributed by atoms with Gasteiger partial charge in [-0.1, -0.05) is 17.7 Å². The van der Waals surface area contributed by atoms with E-state index in [1.807, 2.05) is 17.5 Å². The molecule has 6 nitrogen and oxygen atoms in total. The Balaban J connectivity index is 1.91. The van der Waals surface area contributed by atoms with Crippen molar-refractivity contribution in [3.63, 3.8) is 0 Å². The molecule has 0 fully saturated rings. The molecule has 0 amide bonds. The van der Waals surface area contributed by atoms with E-state index in [0.29, 0.717) is 30.4 Å². The SMILES string of the molecule is COc1cc(Cl)ccc1C/N=c1\scc(-c2ccc(F)cc2)n1CCCNC(=N)N. The third-order valence-electron chi connectivity index (χ3n) is 4.45. The van der Waals surface area contributed by atoms with Gasteiger partial charge in [-0.05, 0) is 48.4 Å². The van der Waals surface area contributed by atoms with Crippen LogP contribution in [0.1, 0.15) is 12.0 Å². The first-order chi connectivity index (χ1) is 14.5. The number of thiazole rings is 1. The lowest BCUT2D eigenvalue weighted by Gasteiger charge is -2.10. The number of hydrogen-bond acceptors (Lipinski definition) is 4. The molecular formula is C21H23ClFN5OS. The lowest BCUT2D eigenvalue weighted by molar-refractivity contribution is 0.409. The average Bonchev–Trinajstić information content (AvgIpc) is 3.13. The van der Waals surface area contributed by atoms with E-state index in [0.717, 1.165) is 28.0 Å². The Labute approximate surface area is 183 Å². The predicted octanol–water partition coefficient (Wildman–Crippen LogP) is 3.99. The summed E-state index contributed by atoms with van der Waals surface area (Å²) in [5.74, 6) is 0.369. The van der Waals surface area contributed by atoms with E-state index in [4.69, 9.17) is 32.5 Å². The van der Waals surface area contributed by atoms with E-state index in [9.17, 15) is 4.39 Å². The average molecular weight is 448 g/mol. The summed E-state index contributed by atoms with van der Waals surface area (Å²) in [5.41, 5.74) is 8.17. The zero-order valence-corrected chi connectivity index (χ0v) is 18.1. The van der Waals surface area contributed by atoms with Crippen LogP contribution in [0, 0.1) is 11.2 Å². The Kier molecular flexibility index (Phi) is 7.48. The summed E-state index contributed by atoms with van der Waals surface area (Å²) < 4.78 is 20.9. The van der Waals surface area contributed by atoms with Gasteiger partial charge in [0.05, 0.1) is 19.3 Å². The second-order valence-electron chi connectivity index (χ2n) is 6.53. The van der Waals surface area contributed by atoms with Gasteiger partial charge < -0.3 is 20.4 Å². The van der Waals surface area contributed by atoms with Crippen molar-refractivity contribution in [3.8, 4) is 17.0 Å². The van der Waals surface area contributed by atoms with Gasteiger partial charge >= 0.3 is 0 Å². The minimum Gasteiger partial charge on any atom is -0.496 e. The number of guanidine groups is 1. The van der Waals surface area contributed by atoms with Crippen LogP contribution >= 0.6 is 22.9 Å². The molecule has 0 aliphatic carbocycles. The van der Waals surface area contributed by atoms with Crippen molar-refractivity contribution in [2.75, 3.05) is 13.7 Å². The number of hydrogen-bond donors (Lipinski definition) is 3. The zero-order chi connectivity index (χ0) is 21.5. The number of methoxy groups -OCH3 is 1. The molecule has 0 radical (unpaired) electrons. The van der Waals surface area contributed by atoms with E-state index >= 15 is 0 Å². The molecule has 1 heterocycles. The molecule has 9 heteroatoms. The minimum atomic E-state index is -0.272. The molecule has 0 unspecified atom stereocenters. The second-order valence-corrected chi connectivity index (χ2v) is 7.80. The fourth-order valence-electron chi connectivity index (χ4n) is 2.98. The molecule has 0 spiro atoms. The van der Waals surface area contributed by atoms with Gasteiger partial charge in [0.25, 0.3) is 0 Å². The van der Waals surface area contributed by atoms with Crippen LogP contribution in [0.4, 0.5) is 4.39 Å². The van der Waals surface area contributed by atoms with E-state index < -0.39 is 0 Å². The van der Waals surface area contributed by atoms with Crippen molar-refractivity contribution in [2.24, 2.45) is 10.7 Å². The van der Waals surface area contributed by atoms with Crippen molar-refractivity contribution in [1.29, 1.82) is 5.41 Å². The molecule has 0 bridgehead atoms. The summed E-state index contributed by atoms with van der Waals surface area (Å²) >= 11 is 7.57. The Morgan fingerprint density at radius 2 is 2.07 bits per heavy atom. The first-order valence-corrected chi connectivity index (χ1v) is 10.6. The molecule has 1 aromatic heterocycles. The van der Waals surface area contributed by atoms with Gasteiger partial charge in [0.1, 0.15) is 11.6 Å². The third kappa shape index (κ3) is 5.61. The molecule has 2 aromatic carbocycles. The highest BCUT2D eigenvalue weighted by molar-refractivity contribution is 7.07. The molecule has 0 atom stereocenters. The molecule has 30 heavy (non-hydrogen) atoms. The smallest absolute Gasteiger partial charge is 0.185 e. The summed E-state index contributed by atoms with van der Waals surface area (Å²) in [6.07, 6.45) is 0.752. The van der Waals surface area contributed by atoms with Crippen LogP contribution in [0.3, 0.4) is 0 Å². The highest BCUT2D eigenvalue weighted by atomic mass is 35.5. The highest BCUT2D eigenvalue weighted by Crippen LogP contribution is 2.24. The quantitative estimate of drug-likeness (QED) is 0.277. The summed E-state index contributed by atoms with van der Waals surface area (Å²) in [4.78, 5) is 5.63. The minimum absolute atomic E-state index is 0.0520. The van der Waals surface area contributed by atoms with Crippen LogP contribution in [0.5, 0.6) is 5.75 Å². The predicted molar refractivity (Wildman–Crippen MR) is 120 cm³/mol. The normalized spacial score (nSPS) is 11.5. The molecule has 3 rings (SSSR count). The van der Waals surface area contributed by atoms with Crippen LogP contribution in [-0.4, -0.2) is 24.2 Å². The van der Waals surface area contributed by atoms with E-state index in [-0.39, 0.29) is 11.8 Å². The number of nitrogens with two attached hydrogens (primary N) is 1. The summed E-state index contributed by atoms with van der Waals surface area (Å²) in [7, 11) is 1.61. The highest BCUT2D eigenvalue weighted by Gasteiger charge is 2.09. The zero-order valence-electron chi connectivity index (χ0n) is 16.5. The van der Waals surface area contributed by atoms with Gasteiger partial charge in [0.2, 0.25) is 0 Å². The fraction of sp³-hybridized carbons (Fsp3) is 0.238. The largest absolute Gasteiger partial charge is 0.496 e. The third-order valence-corrected chi connectivity index (χ3v) is 5.58. The van der Waals surface area contributed by atoms with E-state index in [2.05, 4.69) is 9.88 Å². The molecule has 3 aromatic rings. The number of nitrogens with zero attached hydrogens (tertiary/aromatic N) is 2. The number of halogens is 2. The summed E-state index contributed by atoms with van der Waals surface area (Å²) in [6.45, 7) is 1.69. The van der Waals surface area contributed by atoms with Crippen molar-refractivity contribution in [2.45, 2.75) is 19.5 Å². The van der Waals surface area contributed by atoms with Crippen LogP contribution < -0.4 is 20.6 Å². The Morgan fingerprint density at radius 1 is 1.30 bits per heavy atom. The lowest BCUT2D eigenvalue weighted by Crippen LogP contribution is -2.31. The van der Waals surface area contributed by atoms with Crippen LogP contribution in [0.15, 0.2) is 52.8 Å². The summed E-state index contributed by atoms with van der Waals surface area (Å²) in [6, 6.07) is 11.9. The van der Waals surface area contributed by atoms with Crippen LogP contribution in [-0.2, 0) is 13.1 Å². The summed E-state index contributed by atoms with van der Waals surface area (Å²) in [5, 5.41) is 12.7. The molecule has 0 saturated carbocycles. The Hall–Kier alpha value is -2.84. The van der Waals surface area contributed by atoms with Gasteiger partial charge in [-0.15, -0.1) is 11.3 Å². The standard InChI is InChI=1S/C21H23ClFN5OS/c1-29-19-11-16(22)6-3-15(19)12-27-21-28(10-2-9-26-20(24)25)18(13-30-21)14-4-7-17(23)8-5-14/h3-8,11,13H,2,9-10,12H2,1H3,(H4,24,25,26)/b27-21-. The van der Waals surface area contributed by atoms with Crippen molar-refractivity contribution in [3.05, 3.63) is 69.0 Å². The van der Waals surface area contributed by atoms with Crippen LogP contribution in [0.25, 0.3) is 11.3 Å². The topological polar surface area (TPSA) is 88.4 Å². The van der Waals surface area contributed by atoms with Gasteiger partial charge in [0, 0.05) is 29.1 Å². The Morgan fingerprint density at radius 3 is 2.77 bits per heavy atom. The number of rotatable bonds is 8. The van der Waals surface area contributed by atoms with Gasteiger partial charge in [-0.25, -0.2) is 4.39 Å².